The van der Waals surface area contributed by atoms with Gasteiger partial charge in [0.2, 0.25) is 11.8 Å². The Morgan fingerprint density at radius 1 is 1.16 bits per heavy atom. The van der Waals surface area contributed by atoms with Crippen LogP contribution in [0.4, 0.5) is 11.4 Å². The van der Waals surface area contributed by atoms with Gasteiger partial charge in [-0.15, -0.1) is 11.3 Å². The molecule has 0 radical (unpaired) electrons. The van der Waals surface area contributed by atoms with Gasteiger partial charge in [-0.25, -0.2) is 0 Å². The number of nitrogens with zero attached hydrogens (tertiary/aromatic N) is 2. The summed E-state index contributed by atoms with van der Waals surface area (Å²) in [6.07, 6.45) is 0.765. The third-order valence-electron chi connectivity index (χ3n) is 5.69. The van der Waals surface area contributed by atoms with E-state index in [0.29, 0.717) is 12.8 Å². The molecular formula is C24H23N3O4S. The Morgan fingerprint density at radius 3 is 2.50 bits per heavy atom. The van der Waals surface area contributed by atoms with E-state index in [1.54, 1.807) is 17.0 Å². The van der Waals surface area contributed by atoms with E-state index in [0.717, 1.165) is 21.7 Å². The zero-order chi connectivity index (χ0) is 22.7. The fourth-order valence-corrected chi connectivity index (χ4v) is 4.90. The highest BCUT2D eigenvalue weighted by atomic mass is 32.1. The minimum absolute atomic E-state index is 0.00618. The standard InChI is InChI=1S/C24H23N3O4S/c1-16-4-8-18(9-5-16)26-22(28)13-12-20(23(26)21-3-2-14-32-21)24(29)25-15-17-6-10-19(11-7-17)27(30)31/h2-11,14,20,23H,12-13,15H2,1H3,(H,25,29). The number of thiophene rings is 1. The van der Waals surface area contributed by atoms with E-state index >= 15 is 0 Å². The number of carbonyl (C=O) groups is 2. The molecule has 1 aliphatic heterocycles. The molecular weight excluding hydrogens is 426 g/mol. The van der Waals surface area contributed by atoms with Crippen LogP contribution in [0.1, 0.15) is 34.9 Å². The third-order valence-corrected chi connectivity index (χ3v) is 6.64. The van der Waals surface area contributed by atoms with Crippen molar-refractivity contribution in [1.29, 1.82) is 0 Å². The van der Waals surface area contributed by atoms with Crippen LogP contribution in [-0.2, 0) is 16.1 Å². The lowest BCUT2D eigenvalue weighted by molar-refractivity contribution is -0.384. The molecule has 2 atom stereocenters. The number of hydrogen-bond donors (Lipinski definition) is 1. The second-order valence-corrected chi connectivity index (χ2v) is 8.83. The van der Waals surface area contributed by atoms with Gasteiger partial charge < -0.3 is 10.2 Å². The number of carbonyl (C=O) groups excluding carboxylic acids is 2. The van der Waals surface area contributed by atoms with Crippen LogP contribution < -0.4 is 10.2 Å². The topological polar surface area (TPSA) is 92.6 Å². The maximum Gasteiger partial charge on any atom is 0.269 e. The first-order valence-electron chi connectivity index (χ1n) is 10.4. The van der Waals surface area contributed by atoms with Crippen molar-refractivity contribution in [2.45, 2.75) is 32.4 Å². The maximum absolute atomic E-state index is 13.2. The Bertz CT molecular complexity index is 1110. The van der Waals surface area contributed by atoms with Gasteiger partial charge in [0.15, 0.2) is 0 Å². The molecule has 2 unspecified atom stereocenters. The second kappa shape index (κ2) is 9.32. The van der Waals surface area contributed by atoms with Gasteiger partial charge in [-0.1, -0.05) is 35.9 Å². The normalized spacial score (nSPS) is 18.4. The lowest BCUT2D eigenvalue weighted by atomic mass is 9.86. The Hall–Kier alpha value is -3.52. The van der Waals surface area contributed by atoms with Crippen molar-refractivity contribution in [2.75, 3.05) is 4.90 Å². The zero-order valence-electron chi connectivity index (χ0n) is 17.6. The van der Waals surface area contributed by atoms with Gasteiger partial charge in [-0.3, -0.25) is 19.7 Å². The molecule has 1 aromatic heterocycles. The molecule has 1 saturated heterocycles. The number of rotatable bonds is 6. The number of nitro benzene ring substituents is 1. The van der Waals surface area contributed by atoms with E-state index < -0.39 is 10.8 Å². The lowest BCUT2D eigenvalue weighted by Gasteiger charge is -2.40. The largest absolute Gasteiger partial charge is 0.352 e. The van der Waals surface area contributed by atoms with Crippen molar-refractivity contribution in [3.63, 3.8) is 0 Å². The van der Waals surface area contributed by atoms with Gasteiger partial charge >= 0.3 is 0 Å². The average Bonchev–Trinajstić information content (AvgIpc) is 3.33. The van der Waals surface area contributed by atoms with E-state index in [1.165, 1.54) is 23.5 Å². The molecule has 7 nitrogen and oxygen atoms in total. The Balaban J connectivity index is 1.57. The number of benzene rings is 2. The third kappa shape index (κ3) is 4.55. The molecule has 164 valence electrons. The number of amides is 2. The summed E-state index contributed by atoms with van der Waals surface area (Å²) in [4.78, 5) is 39.3. The minimum atomic E-state index is -0.452. The number of piperidine rings is 1. The van der Waals surface area contributed by atoms with Gasteiger partial charge in [0.25, 0.3) is 5.69 Å². The fraction of sp³-hybridized carbons (Fsp3) is 0.250. The summed E-state index contributed by atoms with van der Waals surface area (Å²) >= 11 is 1.54. The molecule has 2 heterocycles. The number of aryl methyl sites for hydroxylation is 1. The number of nitrogens with one attached hydrogen (secondary N) is 1. The zero-order valence-corrected chi connectivity index (χ0v) is 18.4. The molecule has 8 heteroatoms. The Morgan fingerprint density at radius 2 is 1.88 bits per heavy atom. The van der Waals surface area contributed by atoms with Crippen molar-refractivity contribution < 1.29 is 14.5 Å². The van der Waals surface area contributed by atoms with E-state index in [4.69, 9.17) is 0 Å². The monoisotopic (exact) mass is 449 g/mol. The van der Waals surface area contributed by atoms with Gasteiger partial charge in [0.05, 0.1) is 16.9 Å². The van der Waals surface area contributed by atoms with Crippen LogP contribution in [-0.4, -0.2) is 16.7 Å². The highest BCUT2D eigenvalue weighted by Crippen LogP contribution is 2.41. The molecule has 1 aliphatic rings. The molecule has 0 saturated carbocycles. The van der Waals surface area contributed by atoms with E-state index in [1.807, 2.05) is 48.7 Å². The molecule has 1 fully saturated rings. The maximum atomic E-state index is 13.2. The molecule has 32 heavy (non-hydrogen) atoms. The van der Waals surface area contributed by atoms with Gasteiger partial charge in [0.1, 0.15) is 0 Å². The predicted molar refractivity (Wildman–Crippen MR) is 123 cm³/mol. The fourth-order valence-electron chi connectivity index (χ4n) is 4.02. The van der Waals surface area contributed by atoms with Crippen molar-refractivity contribution >= 4 is 34.5 Å². The molecule has 3 aromatic rings. The summed E-state index contributed by atoms with van der Waals surface area (Å²) in [6.45, 7) is 2.26. The van der Waals surface area contributed by atoms with Gasteiger partial charge in [0, 0.05) is 35.7 Å². The van der Waals surface area contributed by atoms with Crippen molar-refractivity contribution in [2.24, 2.45) is 5.92 Å². The van der Waals surface area contributed by atoms with E-state index in [9.17, 15) is 19.7 Å². The smallest absolute Gasteiger partial charge is 0.269 e. The average molecular weight is 450 g/mol. The molecule has 0 aliphatic carbocycles. The van der Waals surface area contributed by atoms with Crippen molar-refractivity contribution in [1.82, 2.24) is 5.32 Å². The van der Waals surface area contributed by atoms with Crippen molar-refractivity contribution in [3.8, 4) is 0 Å². The molecule has 0 bridgehead atoms. The SMILES string of the molecule is Cc1ccc(N2C(=O)CCC(C(=O)NCc3ccc([N+](=O)[O-])cc3)C2c2cccs2)cc1. The van der Waals surface area contributed by atoms with Gasteiger partial charge in [-0.2, -0.15) is 0 Å². The summed E-state index contributed by atoms with van der Waals surface area (Å²) in [7, 11) is 0. The molecule has 2 amide bonds. The first-order valence-corrected chi connectivity index (χ1v) is 11.2. The number of hydrogen-bond acceptors (Lipinski definition) is 5. The molecule has 2 aromatic carbocycles. The molecule has 1 N–H and O–H groups in total. The quantitative estimate of drug-likeness (QED) is 0.434. The van der Waals surface area contributed by atoms with Gasteiger partial charge in [-0.05, 0) is 42.5 Å². The van der Waals surface area contributed by atoms with Crippen LogP contribution in [0.5, 0.6) is 0 Å². The number of anilines is 1. The Labute approximate surface area is 189 Å². The number of nitro groups is 1. The van der Waals surface area contributed by atoms with E-state index in [-0.39, 0.29) is 30.1 Å². The lowest BCUT2D eigenvalue weighted by Crippen LogP contribution is -2.48. The van der Waals surface area contributed by atoms with Crippen LogP contribution in [0.25, 0.3) is 0 Å². The van der Waals surface area contributed by atoms with Crippen LogP contribution in [0.2, 0.25) is 0 Å². The van der Waals surface area contributed by atoms with Crippen LogP contribution in [0, 0.1) is 23.0 Å². The van der Waals surface area contributed by atoms with E-state index in [2.05, 4.69) is 5.32 Å². The summed E-state index contributed by atoms with van der Waals surface area (Å²) < 4.78 is 0. The Kier molecular flexibility index (Phi) is 6.32. The van der Waals surface area contributed by atoms with Crippen molar-refractivity contribution in [3.05, 3.63) is 92.2 Å². The number of non-ortho nitro benzene ring substituents is 1. The molecule has 4 rings (SSSR count). The summed E-state index contributed by atoms with van der Waals surface area (Å²) in [5.74, 6) is -0.524. The summed E-state index contributed by atoms with van der Waals surface area (Å²) in [5.41, 5.74) is 2.67. The van der Waals surface area contributed by atoms with Crippen LogP contribution in [0.3, 0.4) is 0 Å². The second-order valence-electron chi connectivity index (χ2n) is 7.85. The summed E-state index contributed by atoms with van der Waals surface area (Å²) in [6, 6.07) is 17.4. The highest BCUT2D eigenvalue weighted by molar-refractivity contribution is 7.10. The summed E-state index contributed by atoms with van der Waals surface area (Å²) in [5, 5.41) is 15.7. The van der Waals surface area contributed by atoms with Crippen LogP contribution in [0.15, 0.2) is 66.0 Å². The minimum Gasteiger partial charge on any atom is -0.352 e. The highest BCUT2D eigenvalue weighted by Gasteiger charge is 2.41. The predicted octanol–water partition coefficient (Wildman–Crippen LogP) is 4.77. The van der Waals surface area contributed by atoms with Crippen LogP contribution >= 0.6 is 11.3 Å². The first kappa shape index (κ1) is 21.7. The molecule has 0 spiro atoms. The first-order chi connectivity index (χ1) is 15.4.